The molecule has 2 aliphatic heterocycles. The van der Waals surface area contributed by atoms with Crippen molar-refractivity contribution in [2.24, 2.45) is 0 Å². The molecule has 0 spiro atoms. The van der Waals surface area contributed by atoms with E-state index in [-0.39, 0.29) is 5.78 Å². The average Bonchev–Trinajstić information content (AvgIpc) is 2.79. The van der Waals surface area contributed by atoms with E-state index in [1.807, 2.05) is 24.3 Å². The van der Waals surface area contributed by atoms with E-state index in [4.69, 9.17) is 4.74 Å². The van der Waals surface area contributed by atoms with E-state index >= 15 is 0 Å². The van der Waals surface area contributed by atoms with E-state index in [1.54, 1.807) is 0 Å². The number of anilines is 1. The molecule has 3 heteroatoms. The van der Waals surface area contributed by atoms with Crippen LogP contribution in [0.1, 0.15) is 36.5 Å². The Hall–Kier alpha value is -1.35. The fraction of sp³-hybridized carbons (Fsp3) is 0.533. The van der Waals surface area contributed by atoms with Crippen molar-refractivity contribution in [2.75, 3.05) is 18.0 Å². The van der Waals surface area contributed by atoms with Crippen molar-refractivity contribution in [3.63, 3.8) is 0 Å². The van der Waals surface area contributed by atoms with Crippen LogP contribution in [0.15, 0.2) is 24.3 Å². The van der Waals surface area contributed by atoms with E-state index < -0.39 is 0 Å². The van der Waals surface area contributed by atoms with Crippen LogP contribution in [-0.2, 0) is 4.74 Å². The topological polar surface area (TPSA) is 29.5 Å². The molecule has 2 heterocycles. The van der Waals surface area contributed by atoms with Gasteiger partial charge in [0.05, 0.1) is 12.2 Å². The zero-order chi connectivity index (χ0) is 12.5. The van der Waals surface area contributed by atoms with Gasteiger partial charge in [0.2, 0.25) is 0 Å². The van der Waals surface area contributed by atoms with Gasteiger partial charge in [-0.2, -0.15) is 0 Å². The first-order valence-corrected chi connectivity index (χ1v) is 6.76. The molecule has 2 aliphatic rings. The van der Waals surface area contributed by atoms with Gasteiger partial charge < -0.3 is 9.64 Å². The first-order chi connectivity index (χ1) is 8.74. The summed E-state index contributed by atoms with van der Waals surface area (Å²) in [6, 6.07) is 7.92. The highest BCUT2D eigenvalue weighted by Crippen LogP contribution is 2.29. The predicted octanol–water partition coefficient (Wildman–Crippen LogP) is 2.65. The zero-order valence-electron chi connectivity index (χ0n) is 10.8. The van der Waals surface area contributed by atoms with Crippen molar-refractivity contribution in [1.29, 1.82) is 0 Å². The second-order valence-corrected chi connectivity index (χ2v) is 5.28. The van der Waals surface area contributed by atoms with Crippen LogP contribution in [0.5, 0.6) is 0 Å². The molecule has 0 aliphatic carbocycles. The normalized spacial score (nSPS) is 27.4. The van der Waals surface area contributed by atoms with E-state index in [9.17, 15) is 4.79 Å². The number of rotatable bonds is 2. The maximum Gasteiger partial charge on any atom is 0.166 e. The van der Waals surface area contributed by atoms with Crippen molar-refractivity contribution < 1.29 is 9.53 Å². The number of Topliss-reactive ketones (excluding diaryl/α,β-unsaturated/α-hetero) is 1. The number of fused-ring (bicyclic) bond motifs is 1. The average molecular weight is 245 g/mol. The highest BCUT2D eigenvalue weighted by Gasteiger charge is 2.28. The lowest BCUT2D eigenvalue weighted by Gasteiger charge is -2.32. The third-order valence-corrected chi connectivity index (χ3v) is 3.90. The van der Waals surface area contributed by atoms with Crippen molar-refractivity contribution in [3.05, 3.63) is 29.8 Å². The van der Waals surface area contributed by atoms with Crippen LogP contribution < -0.4 is 4.90 Å². The number of ether oxygens (including phenoxy) is 1. The van der Waals surface area contributed by atoms with Gasteiger partial charge in [0.1, 0.15) is 0 Å². The molecule has 0 amide bonds. The van der Waals surface area contributed by atoms with Crippen LogP contribution in [0, 0.1) is 0 Å². The Kier molecular flexibility index (Phi) is 3.08. The van der Waals surface area contributed by atoms with Crippen LogP contribution in [0.4, 0.5) is 5.69 Å². The minimum absolute atomic E-state index is 0.266. The smallest absolute Gasteiger partial charge is 0.166 e. The van der Waals surface area contributed by atoms with Gasteiger partial charge in [0.25, 0.3) is 0 Å². The SMILES string of the molecule is CC1CCC(CN2CCC(=O)c3ccccc32)O1. The van der Waals surface area contributed by atoms with E-state index in [1.165, 1.54) is 0 Å². The number of ketones is 1. The Labute approximate surface area is 108 Å². The number of carbonyl (C=O) groups excluding carboxylic acids is 1. The highest BCUT2D eigenvalue weighted by atomic mass is 16.5. The Morgan fingerprint density at radius 3 is 2.94 bits per heavy atom. The number of carbonyl (C=O) groups is 1. The fourth-order valence-corrected chi connectivity index (χ4v) is 2.93. The first kappa shape index (κ1) is 11.7. The minimum Gasteiger partial charge on any atom is -0.373 e. The number of hydrogen-bond acceptors (Lipinski definition) is 3. The molecule has 2 atom stereocenters. The summed E-state index contributed by atoms with van der Waals surface area (Å²) in [6.07, 6.45) is 3.62. The molecule has 3 rings (SSSR count). The summed E-state index contributed by atoms with van der Waals surface area (Å²) in [7, 11) is 0. The second kappa shape index (κ2) is 4.73. The molecule has 1 saturated heterocycles. The molecule has 0 N–H and O–H groups in total. The minimum atomic E-state index is 0.266. The van der Waals surface area contributed by atoms with Crippen LogP contribution in [-0.4, -0.2) is 31.1 Å². The Morgan fingerprint density at radius 1 is 1.33 bits per heavy atom. The van der Waals surface area contributed by atoms with Gasteiger partial charge in [-0.3, -0.25) is 4.79 Å². The van der Waals surface area contributed by atoms with Gasteiger partial charge in [-0.25, -0.2) is 0 Å². The third-order valence-electron chi connectivity index (χ3n) is 3.90. The number of nitrogens with zero attached hydrogens (tertiary/aromatic N) is 1. The summed E-state index contributed by atoms with van der Waals surface area (Å²) in [5.74, 6) is 0.266. The third kappa shape index (κ3) is 2.15. The van der Waals surface area contributed by atoms with Gasteiger partial charge >= 0.3 is 0 Å². The zero-order valence-corrected chi connectivity index (χ0v) is 10.8. The van der Waals surface area contributed by atoms with Gasteiger partial charge in [-0.1, -0.05) is 12.1 Å². The largest absolute Gasteiger partial charge is 0.373 e. The van der Waals surface area contributed by atoms with Crippen molar-refractivity contribution in [2.45, 2.75) is 38.4 Å². The summed E-state index contributed by atoms with van der Waals surface area (Å²) < 4.78 is 5.88. The molecule has 18 heavy (non-hydrogen) atoms. The highest BCUT2D eigenvalue weighted by molar-refractivity contribution is 6.03. The molecule has 2 unspecified atom stereocenters. The maximum atomic E-state index is 11.9. The lowest BCUT2D eigenvalue weighted by atomic mass is 10.00. The summed E-state index contributed by atoms with van der Waals surface area (Å²) >= 11 is 0. The lowest BCUT2D eigenvalue weighted by Crippen LogP contribution is -2.37. The van der Waals surface area contributed by atoms with Gasteiger partial charge in [-0.05, 0) is 31.9 Å². The molecular formula is C15H19NO2. The Balaban J connectivity index is 1.78. The van der Waals surface area contributed by atoms with Crippen molar-refractivity contribution in [3.8, 4) is 0 Å². The molecule has 3 nitrogen and oxygen atoms in total. The van der Waals surface area contributed by atoms with E-state index in [2.05, 4.69) is 11.8 Å². The quantitative estimate of drug-likeness (QED) is 0.802. The molecule has 0 bridgehead atoms. The summed E-state index contributed by atoms with van der Waals surface area (Å²) in [4.78, 5) is 14.2. The molecule has 1 aromatic rings. The maximum absolute atomic E-state index is 11.9. The molecule has 0 radical (unpaired) electrons. The molecule has 1 fully saturated rings. The Bertz CT molecular complexity index is 458. The molecule has 0 aromatic heterocycles. The number of para-hydroxylation sites is 1. The van der Waals surface area contributed by atoms with Crippen molar-refractivity contribution >= 4 is 11.5 Å². The number of benzene rings is 1. The standard InChI is InChI=1S/C15H19NO2/c1-11-6-7-12(18-11)10-16-9-8-15(17)13-4-2-3-5-14(13)16/h2-5,11-12H,6-10H2,1H3. The first-order valence-electron chi connectivity index (χ1n) is 6.76. The lowest BCUT2D eigenvalue weighted by molar-refractivity contribution is 0.0596. The van der Waals surface area contributed by atoms with Crippen LogP contribution in [0.25, 0.3) is 0 Å². The number of hydrogen-bond donors (Lipinski definition) is 0. The van der Waals surface area contributed by atoms with Crippen LogP contribution >= 0.6 is 0 Å². The second-order valence-electron chi connectivity index (χ2n) is 5.28. The van der Waals surface area contributed by atoms with Crippen molar-refractivity contribution in [1.82, 2.24) is 0 Å². The van der Waals surface area contributed by atoms with Gasteiger partial charge in [-0.15, -0.1) is 0 Å². The molecular weight excluding hydrogens is 226 g/mol. The molecule has 1 aromatic carbocycles. The monoisotopic (exact) mass is 245 g/mol. The van der Waals surface area contributed by atoms with Crippen LogP contribution in [0.3, 0.4) is 0 Å². The fourth-order valence-electron chi connectivity index (χ4n) is 2.93. The van der Waals surface area contributed by atoms with E-state index in [0.717, 1.165) is 37.2 Å². The van der Waals surface area contributed by atoms with E-state index in [0.29, 0.717) is 18.6 Å². The summed E-state index contributed by atoms with van der Waals surface area (Å²) in [5, 5.41) is 0. The summed E-state index contributed by atoms with van der Waals surface area (Å²) in [5.41, 5.74) is 1.95. The predicted molar refractivity (Wildman–Crippen MR) is 71.2 cm³/mol. The summed E-state index contributed by atoms with van der Waals surface area (Å²) in [6.45, 7) is 3.87. The molecule has 0 saturated carbocycles. The Morgan fingerprint density at radius 2 is 2.17 bits per heavy atom. The van der Waals surface area contributed by atoms with Gasteiger partial charge in [0, 0.05) is 30.8 Å². The van der Waals surface area contributed by atoms with Crippen LogP contribution in [0.2, 0.25) is 0 Å². The van der Waals surface area contributed by atoms with Gasteiger partial charge in [0.15, 0.2) is 5.78 Å². The molecule has 96 valence electrons.